The van der Waals surface area contributed by atoms with E-state index in [0.717, 1.165) is 27.8 Å². The highest BCUT2D eigenvalue weighted by Gasteiger charge is 2.32. The molecule has 1 aliphatic rings. The van der Waals surface area contributed by atoms with E-state index in [0.29, 0.717) is 17.8 Å². The number of benzene rings is 3. The molecule has 4 bridgehead atoms. The normalized spacial score (nSPS) is 16.1. The van der Waals surface area contributed by atoms with E-state index in [1.807, 2.05) is 74.5 Å². The Morgan fingerprint density at radius 2 is 1.56 bits per heavy atom. The van der Waals surface area contributed by atoms with Crippen LogP contribution < -0.4 is 9.46 Å². The summed E-state index contributed by atoms with van der Waals surface area (Å²) >= 11 is 0. The van der Waals surface area contributed by atoms with Crippen molar-refractivity contribution in [2.24, 2.45) is 5.41 Å². The predicted octanol–water partition coefficient (Wildman–Crippen LogP) is 7.46. The van der Waals surface area contributed by atoms with Crippen LogP contribution in [0.3, 0.4) is 0 Å². The van der Waals surface area contributed by atoms with E-state index < -0.39 is 16.1 Å². The summed E-state index contributed by atoms with van der Waals surface area (Å²) in [4.78, 5) is 29.9. The molecule has 0 fully saturated rings. The Labute approximate surface area is 282 Å². The van der Waals surface area contributed by atoms with Gasteiger partial charge < -0.3 is 9.64 Å². The van der Waals surface area contributed by atoms with Crippen molar-refractivity contribution in [2.75, 3.05) is 11.3 Å². The van der Waals surface area contributed by atoms with Crippen LogP contribution in [-0.2, 0) is 16.6 Å². The van der Waals surface area contributed by atoms with Crippen LogP contribution in [0.4, 0.5) is 5.95 Å². The van der Waals surface area contributed by atoms with Crippen molar-refractivity contribution in [1.29, 1.82) is 0 Å². The largest absolute Gasteiger partial charge is 0.475 e. The van der Waals surface area contributed by atoms with Crippen LogP contribution in [0, 0.1) is 19.3 Å². The molecule has 9 nitrogen and oxygen atoms in total. The molecule has 3 aromatic carbocycles. The van der Waals surface area contributed by atoms with Gasteiger partial charge in [-0.05, 0) is 66.6 Å². The maximum absolute atomic E-state index is 14.4. The zero-order valence-electron chi connectivity index (χ0n) is 27.8. The number of amides is 1. The minimum absolute atomic E-state index is 0.0752. The average molecular weight is 662 g/mol. The van der Waals surface area contributed by atoms with Crippen LogP contribution in [-0.4, -0.2) is 46.8 Å². The molecule has 5 aromatic rings. The number of anilines is 1. The van der Waals surface area contributed by atoms with Crippen LogP contribution in [0.2, 0.25) is 0 Å². The molecule has 0 aliphatic carbocycles. The first-order valence-electron chi connectivity index (χ1n) is 15.9. The quantitative estimate of drug-likeness (QED) is 0.208. The summed E-state index contributed by atoms with van der Waals surface area (Å²) in [5.41, 5.74) is 6.11. The fourth-order valence-electron chi connectivity index (χ4n) is 6.04. The third-order valence-corrected chi connectivity index (χ3v) is 9.62. The number of carbonyl (C=O) groups is 1. The number of ether oxygens (including phenoxy) is 1. The zero-order chi connectivity index (χ0) is 34.1. The van der Waals surface area contributed by atoms with Crippen molar-refractivity contribution in [1.82, 2.24) is 19.9 Å². The number of sulfonamides is 1. The number of aromatic nitrogens is 3. The van der Waals surface area contributed by atoms with Gasteiger partial charge in [-0.1, -0.05) is 81.4 Å². The number of rotatable bonds is 5. The molecule has 10 heteroatoms. The van der Waals surface area contributed by atoms with Crippen LogP contribution in [0.5, 0.6) is 5.88 Å². The van der Waals surface area contributed by atoms with Gasteiger partial charge in [-0.25, -0.2) is 18.1 Å². The number of carbonyl (C=O) groups excluding carboxylic acids is 1. The number of pyridine rings is 1. The van der Waals surface area contributed by atoms with Gasteiger partial charge in [-0.2, -0.15) is 4.98 Å². The summed E-state index contributed by atoms with van der Waals surface area (Å²) in [7, 11) is -4.16. The first-order chi connectivity index (χ1) is 22.9. The van der Waals surface area contributed by atoms with Crippen molar-refractivity contribution in [3.05, 3.63) is 120 Å². The summed E-state index contributed by atoms with van der Waals surface area (Å²) in [5, 5.41) is 0. The van der Waals surface area contributed by atoms with E-state index in [9.17, 15) is 13.2 Å². The van der Waals surface area contributed by atoms with Gasteiger partial charge in [0.15, 0.2) is 0 Å². The van der Waals surface area contributed by atoms with E-state index in [2.05, 4.69) is 35.5 Å². The second-order valence-corrected chi connectivity index (χ2v) is 15.1. The summed E-state index contributed by atoms with van der Waals surface area (Å²) < 4.78 is 36.2. The maximum atomic E-state index is 14.4. The van der Waals surface area contributed by atoms with E-state index in [4.69, 9.17) is 9.72 Å². The molecule has 2 aromatic heterocycles. The van der Waals surface area contributed by atoms with Crippen molar-refractivity contribution >= 4 is 21.9 Å². The van der Waals surface area contributed by atoms with Gasteiger partial charge >= 0.3 is 0 Å². The SMILES string of the molecule is Cc1cccc(C)c1-c1cc2nc(n1)NS(=O)(=O)c1cccc(c1)C(=O)N(Cc1ccc(-c3ccccc3)cn1)[C@H](CC(C)(C)C)CO2. The van der Waals surface area contributed by atoms with Crippen LogP contribution in [0.15, 0.2) is 102 Å². The monoisotopic (exact) mass is 661 g/mol. The Morgan fingerprint density at radius 1 is 0.854 bits per heavy atom. The van der Waals surface area contributed by atoms with Gasteiger partial charge in [0, 0.05) is 29.0 Å². The minimum Gasteiger partial charge on any atom is -0.475 e. The van der Waals surface area contributed by atoms with Crippen molar-refractivity contribution in [3.63, 3.8) is 0 Å². The molecule has 0 radical (unpaired) electrons. The first kappa shape index (κ1) is 32.8. The molecule has 0 saturated carbocycles. The lowest BCUT2D eigenvalue weighted by Crippen LogP contribution is -2.45. The molecule has 6 rings (SSSR count). The molecule has 1 aliphatic heterocycles. The molecule has 0 saturated heterocycles. The van der Waals surface area contributed by atoms with Gasteiger partial charge in [0.05, 0.1) is 28.9 Å². The van der Waals surface area contributed by atoms with Crippen molar-refractivity contribution in [2.45, 2.75) is 58.5 Å². The summed E-state index contributed by atoms with van der Waals surface area (Å²) in [6, 6.07) is 27.2. The number of aryl methyl sites for hydroxylation is 2. The molecular formula is C38H39N5O4S. The molecule has 0 unspecified atom stereocenters. The van der Waals surface area contributed by atoms with Crippen molar-refractivity contribution in [3.8, 4) is 28.3 Å². The smallest absolute Gasteiger partial charge is 0.264 e. The Bertz CT molecular complexity index is 2040. The minimum atomic E-state index is -4.16. The van der Waals surface area contributed by atoms with E-state index in [1.54, 1.807) is 29.3 Å². The van der Waals surface area contributed by atoms with Gasteiger partial charge in [0.2, 0.25) is 11.8 Å². The number of hydrogen-bond donors (Lipinski definition) is 1. The Morgan fingerprint density at radius 3 is 2.25 bits per heavy atom. The lowest BCUT2D eigenvalue weighted by atomic mass is 9.87. The highest BCUT2D eigenvalue weighted by Crippen LogP contribution is 2.32. The van der Waals surface area contributed by atoms with E-state index in [-0.39, 0.29) is 46.8 Å². The lowest BCUT2D eigenvalue weighted by Gasteiger charge is -2.35. The molecular weight excluding hydrogens is 623 g/mol. The van der Waals surface area contributed by atoms with Gasteiger partial charge in [-0.3, -0.25) is 9.78 Å². The zero-order valence-corrected chi connectivity index (χ0v) is 28.6. The number of hydrogen-bond acceptors (Lipinski definition) is 7. The predicted molar refractivity (Wildman–Crippen MR) is 187 cm³/mol. The molecule has 1 N–H and O–H groups in total. The molecule has 3 heterocycles. The number of fused-ring (bicyclic) bond motifs is 4. The molecule has 48 heavy (non-hydrogen) atoms. The van der Waals surface area contributed by atoms with E-state index in [1.165, 1.54) is 12.1 Å². The van der Waals surface area contributed by atoms with E-state index >= 15 is 0 Å². The van der Waals surface area contributed by atoms with Gasteiger partial charge in [0.25, 0.3) is 15.9 Å². The molecule has 1 amide bonds. The van der Waals surface area contributed by atoms with Crippen molar-refractivity contribution < 1.29 is 17.9 Å². The number of nitrogens with zero attached hydrogens (tertiary/aromatic N) is 4. The van der Waals surface area contributed by atoms with Crippen LogP contribution >= 0.6 is 0 Å². The lowest BCUT2D eigenvalue weighted by molar-refractivity contribution is 0.0509. The average Bonchev–Trinajstić information content (AvgIpc) is 3.05. The topological polar surface area (TPSA) is 114 Å². The second-order valence-electron chi connectivity index (χ2n) is 13.4. The second kappa shape index (κ2) is 13.2. The third kappa shape index (κ3) is 7.39. The van der Waals surface area contributed by atoms with Crippen LogP contribution in [0.25, 0.3) is 22.4 Å². The third-order valence-electron chi connectivity index (χ3n) is 8.29. The summed E-state index contributed by atoms with van der Waals surface area (Å²) in [6.07, 6.45) is 2.40. The molecule has 246 valence electrons. The summed E-state index contributed by atoms with van der Waals surface area (Å²) in [5.74, 6) is -0.247. The highest BCUT2D eigenvalue weighted by atomic mass is 32.2. The Kier molecular flexibility index (Phi) is 9.03. The Hall–Kier alpha value is -5.09. The molecule has 0 spiro atoms. The number of nitrogens with one attached hydrogen (secondary N) is 1. The van der Waals surface area contributed by atoms with Crippen LogP contribution in [0.1, 0.15) is 54.4 Å². The fraction of sp³-hybridized carbons (Fsp3) is 0.263. The first-order valence-corrected chi connectivity index (χ1v) is 17.4. The highest BCUT2D eigenvalue weighted by molar-refractivity contribution is 7.92. The molecule has 1 atom stereocenters. The standard InChI is InChI=1S/C38H39N5O4S/c1-25-11-9-12-26(2)35(25)33-20-34-41-37(40-33)42-48(45,46)32-16-10-15-28(19-32)36(44)43(31(24-47-34)21-38(3,4)5)23-30-18-17-29(22-39-30)27-13-7-6-8-14-27/h6-20,22,31H,21,23-24H2,1-5H3,(H,40,41,42)/t31-/m1/s1. The maximum Gasteiger partial charge on any atom is 0.264 e. The fourth-order valence-corrected chi connectivity index (χ4v) is 7.03. The summed E-state index contributed by atoms with van der Waals surface area (Å²) in [6.45, 7) is 10.6. The Balaban J connectivity index is 1.46. The van der Waals surface area contributed by atoms with Gasteiger partial charge in [-0.15, -0.1) is 0 Å². The van der Waals surface area contributed by atoms with Gasteiger partial charge in [0.1, 0.15) is 6.61 Å².